The van der Waals surface area contributed by atoms with Gasteiger partial charge in [0.2, 0.25) is 0 Å². The van der Waals surface area contributed by atoms with E-state index < -0.39 is 0 Å². The standard InChI is InChI=1S/C8H15N5O2S/c9-10-8-7(11-12-16-8)3-13-1-2-15-5-6(13)4-14/h6,10,14H,1-5,9H2. The molecule has 0 spiro atoms. The first-order valence-electron chi connectivity index (χ1n) is 5.05. The van der Waals surface area contributed by atoms with Crippen LogP contribution < -0.4 is 11.3 Å². The molecule has 1 fully saturated rings. The number of nitrogens with zero attached hydrogens (tertiary/aromatic N) is 3. The van der Waals surface area contributed by atoms with Crippen LogP contribution in [0.25, 0.3) is 0 Å². The summed E-state index contributed by atoms with van der Waals surface area (Å²) in [7, 11) is 0. The zero-order valence-corrected chi connectivity index (χ0v) is 9.61. The van der Waals surface area contributed by atoms with Gasteiger partial charge in [0.15, 0.2) is 0 Å². The van der Waals surface area contributed by atoms with Gasteiger partial charge in [-0.05, 0) is 0 Å². The van der Waals surface area contributed by atoms with Crippen LogP contribution in [0.4, 0.5) is 5.00 Å². The predicted molar refractivity (Wildman–Crippen MR) is 59.8 cm³/mol. The summed E-state index contributed by atoms with van der Waals surface area (Å²) in [5.41, 5.74) is 3.38. The number of ether oxygens (including phenoxy) is 1. The normalized spacial score (nSPS) is 22.2. The van der Waals surface area contributed by atoms with Gasteiger partial charge in [0.05, 0.1) is 25.9 Å². The number of hydrogen-bond donors (Lipinski definition) is 3. The first-order chi connectivity index (χ1) is 7.85. The van der Waals surface area contributed by atoms with E-state index in [-0.39, 0.29) is 12.6 Å². The summed E-state index contributed by atoms with van der Waals surface area (Å²) < 4.78 is 9.14. The summed E-state index contributed by atoms with van der Waals surface area (Å²) in [6, 6.07) is 0.0288. The Hall–Kier alpha value is -0.800. The van der Waals surface area contributed by atoms with Crippen molar-refractivity contribution in [3.8, 4) is 0 Å². The Morgan fingerprint density at radius 1 is 1.69 bits per heavy atom. The summed E-state index contributed by atoms with van der Waals surface area (Å²) in [6.07, 6.45) is 0. The van der Waals surface area contributed by atoms with Crippen molar-refractivity contribution in [3.63, 3.8) is 0 Å². The molecule has 0 saturated carbocycles. The van der Waals surface area contributed by atoms with Crippen LogP contribution in [0.15, 0.2) is 0 Å². The van der Waals surface area contributed by atoms with Crippen molar-refractivity contribution in [1.29, 1.82) is 0 Å². The highest BCUT2D eigenvalue weighted by molar-refractivity contribution is 7.10. The summed E-state index contributed by atoms with van der Waals surface area (Å²) in [6.45, 7) is 2.74. The Labute approximate surface area is 97.3 Å². The highest BCUT2D eigenvalue weighted by Crippen LogP contribution is 2.19. The van der Waals surface area contributed by atoms with Crippen molar-refractivity contribution in [2.45, 2.75) is 12.6 Å². The molecule has 2 heterocycles. The van der Waals surface area contributed by atoms with Gasteiger partial charge >= 0.3 is 0 Å². The van der Waals surface area contributed by atoms with Crippen molar-refractivity contribution in [2.24, 2.45) is 5.84 Å². The second-order valence-corrected chi connectivity index (χ2v) is 4.33. The first kappa shape index (κ1) is 11.7. The van der Waals surface area contributed by atoms with Gasteiger partial charge in [0, 0.05) is 24.6 Å². The second-order valence-electron chi connectivity index (χ2n) is 3.57. The Morgan fingerprint density at radius 3 is 3.31 bits per heavy atom. The largest absolute Gasteiger partial charge is 0.395 e. The lowest BCUT2D eigenvalue weighted by molar-refractivity contribution is -0.0316. The average Bonchev–Trinajstić information content (AvgIpc) is 2.77. The molecule has 0 aromatic carbocycles. The highest BCUT2D eigenvalue weighted by Gasteiger charge is 2.24. The van der Waals surface area contributed by atoms with Gasteiger partial charge in [0.25, 0.3) is 0 Å². The molecule has 1 unspecified atom stereocenters. The van der Waals surface area contributed by atoms with Gasteiger partial charge in [-0.15, -0.1) is 5.10 Å². The number of nitrogen functional groups attached to an aromatic ring is 1. The third-order valence-corrected chi connectivity index (χ3v) is 3.30. The number of anilines is 1. The van der Waals surface area contributed by atoms with Crippen molar-refractivity contribution in [3.05, 3.63) is 5.69 Å². The lowest BCUT2D eigenvalue weighted by Gasteiger charge is -2.33. The molecule has 1 aliphatic heterocycles. The Bertz CT molecular complexity index is 334. The van der Waals surface area contributed by atoms with E-state index >= 15 is 0 Å². The number of aliphatic hydroxyl groups excluding tert-OH is 1. The molecule has 0 amide bonds. The van der Waals surface area contributed by atoms with E-state index in [2.05, 4.69) is 19.9 Å². The second kappa shape index (κ2) is 5.51. The number of nitrogens with one attached hydrogen (secondary N) is 1. The highest BCUT2D eigenvalue weighted by atomic mass is 32.1. The summed E-state index contributed by atoms with van der Waals surface area (Å²) in [5.74, 6) is 5.36. The molecule has 8 heteroatoms. The van der Waals surface area contributed by atoms with Crippen LogP contribution in [0.1, 0.15) is 5.69 Å². The molecule has 90 valence electrons. The number of nitrogens with two attached hydrogens (primary N) is 1. The van der Waals surface area contributed by atoms with E-state index in [9.17, 15) is 5.11 Å². The smallest absolute Gasteiger partial charge is 0.148 e. The lowest BCUT2D eigenvalue weighted by Crippen LogP contribution is -2.47. The molecule has 1 saturated heterocycles. The molecular weight excluding hydrogens is 230 g/mol. The Kier molecular flexibility index (Phi) is 4.02. The van der Waals surface area contributed by atoms with E-state index in [1.54, 1.807) is 0 Å². The Morgan fingerprint density at radius 2 is 2.56 bits per heavy atom. The molecule has 1 aromatic heterocycles. The van der Waals surface area contributed by atoms with Crippen LogP contribution in [0.5, 0.6) is 0 Å². The van der Waals surface area contributed by atoms with Crippen LogP contribution in [0.2, 0.25) is 0 Å². The molecule has 0 radical (unpaired) electrons. The fourth-order valence-electron chi connectivity index (χ4n) is 1.68. The maximum Gasteiger partial charge on any atom is 0.148 e. The molecule has 1 aliphatic rings. The maximum atomic E-state index is 9.22. The van der Waals surface area contributed by atoms with Crippen molar-refractivity contribution < 1.29 is 9.84 Å². The third-order valence-electron chi connectivity index (χ3n) is 2.60. The average molecular weight is 245 g/mol. The third kappa shape index (κ3) is 2.47. The van der Waals surface area contributed by atoms with Gasteiger partial charge in [0.1, 0.15) is 10.7 Å². The van der Waals surface area contributed by atoms with E-state index in [0.717, 1.165) is 17.2 Å². The van der Waals surface area contributed by atoms with E-state index in [1.807, 2.05) is 0 Å². The summed E-state index contributed by atoms with van der Waals surface area (Å²) in [4.78, 5) is 2.13. The molecular formula is C8H15N5O2S. The van der Waals surface area contributed by atoms with Crippen LogP contribution in [-0.4, -0.2) is 52.0 Å². The van der Waals surface area contributed by atoms with Gasteiger partial charge in [-0.2, -0.15) is 0 Å². The van der Waals surface area contributed by atoms with E-state index in [0.29, 0.717) is 19.8 Å². The molecule has 1 atom stereocenters. The molecule has 16 heavy (non-hydrogen) atoms. The van der Waals surface area contributed by atoms with Crippen LogP contribution >= 0.6 is 11.5 Å². The van der Waals surface area contributed by atoms with Crippen molar-refractivity contribution in [2.75, 3.05) is 31.8 Å². The van der Waals surface area contributed by atoms with Crippen molar-refractivity contribution in [1.82, 2.24) is 14.5 Å². The fourth-order valence-corrected chi connectivity index (χ4v) is 2.16. The van der Waals surface area contributed by atoms with Crippen molar-refractivity contribution >= 4 is 16.5 Å². The first-order valence-corrected chi connectivity index (χ1v) is 5.83. The number of hydrogen-bond acceptors (Lipinski definition) is 8. The fraction of sp³-hybridized carbons (Fsp3) is 0.750. The molecule has 2 rings (SSSR count). The number of morpholine rings is 1. The summed E-state index contributed by atoms with van der Waals surface area (Å²) in [5, 5.41) is 14.0. The predicted octanol–water partition coefficient (Wildman–Crippen LogP) is -0.983. The van der Waals surface area contributed by atoms with Crippen LogP contribution in [0.3, 0.4) is 0 Å². The zero-order valence-electron chi connectivity index (χ0n) is 8.80. The molecule has 1 aromatic rings. The quantitative estimate of drug-likeness (QED) is 0.463. The van der Waals surface area contributed by atoms with Crippen LogP contribution in [0, 0.1) is 0 Å². The summed E-state index contributed by atoms with van der Waals surface area (Å²) >= 11 is 1.23. The maximum absolute atomic E-state index is 9.22. The molecule has 0 bridgehead atoms. The van der Waals surface area contributed by atoms with Gasteiger partial charge in [-0.3, -0.25) is 4.90 Å². The Balaban J connectivity index is 2.02. The minimum atomic E-state index is 0.0288. The number of rotatable bonds is 4. The van der Waals surface area contributed by atoms with E-state index in [1.165, 1.54) is 11.5 Å². The van der Waals surface area contributed by atoms with Crippen LogP contribution in [-0.2, 0) is 11.3 Å². The minimum Gasteiger partial charge on any atom is -0.395 e. The lowest BCUT2D eigenvalue weighted by atomic mass is 10.2. The minimum absolute atomic E-state index is 0.0288. The SMILES string of the molecule is NNc1snnc1CN1CCOCC1CO. The van der Waals surface area contributed by atoms with Gasteiger partial charge in [-0.1, -0.05) is 4.49 Å². The molecule has 4 N–H and O–H groups in total. The molecule has 0 aliphatic carbocycles. The number of aliphatic hydroxyl groups is 1. The number of aromatic nitrogens is 2. The topological polar surface area (TPSA) is 96.5 Å². The van der Waals surface area contributed by atoms with Gasteiger partial charge in [-0.25, -0.2) is 5.84 Å². The zero-order chi connectivity index (χ0) is 11.4. The number of hydrazine groups is 1. The van der Waals surface area contributed by atoms with E-state index in [4.69, 9.17) is 10.6 Å². The molecule has 7 nitrogen and oxygen atoms in total. The van der Waals surface area contributed by atoms with Gasteiger partial charge < -0.3 is 15.3 Å². The monoisotopic (exact) mass is 245 g/mol.